The summed E-state index contributed by atoms with van der Waals surface area (Å²) in [6.45, 7) is 3.27. The maximum Gasteiger partial charge on any atom is 0.251 e. The van der Waals surface area contributed by atoms with Crippen molar-refractivity contribution in [1.29, 1.82) is 0 Å². The second-order valence-electron chi connectivity index (χ2n) is 8.48. The molecule has 0 unspecified atom stereocenters. The number of nitrogens with zero attached hydrogens (tertiary/aromatic N) is 3. The zero-order chi connectivity index (χ0) is 24.0. The van der Waals surface area contributed by atoms with Crippen molar-refractivity contribution in [3.05, 3.63) is 125 Å². The van der Waals surface area contributed by atoms with E-state index < -0.39 is 0 Å². The van der Waals surface area contributed by atoms with Gasteiger partial charge in [0.05, 0.1) is 23.8 Å². The smallest absolute Gasteiger partial charge is 0.251 e. The number of rotatable bonds is 8. The number of pyridine rings is 1. The Morgan fingerprint density at radius 1 is 0.886 bits per heavy atom. The third-order valence-corrected chi connectivity index (χ3v) is 6.90. The number of thioether (sulfide) groups is 1. The Kier molecular flexibility index (Phi) is 6.91. The summed E-state index contributed by atoms with van der Waals surface area (Å²) in [6.07, 6.45) is 3.64. The molecule has 0 fully saturated rings. The minimum Gasteiger partial charge on any atom is -0.348 e. The first kappa shape index (κ1) is 22.9. The van der Waals surface area contributed by atoms with Gasteiger partial charge in [0, 0.05) is 24.1 Å². The molecule has 0 bridgehead atoms. The molecule has 0 saturated carbocycles. The molecule has 2 heterocycles. The summed E-state index contributed by atoms with van der Waals surface area (Å²) in [4.78, 5) is 21.8. The number of hydrogen-bond acceptors (Lipinski definition) is 4. The minimum atomic E-state index is -0.0768. The van der Waals surface area contributed by atoms with Crippen LogP contribution in [-0.2, 0) is 18.8 Å². The number of carbonyl (C=O) groups excluding carboxylic acids is 1. The number of nitrogens with one attached hydrogen (secondary N) is 1. The van der Waals surface area contributed by atoms with Gasteiger partial charge < -0.3 is 9.88 Å². The molecule has 35 heavy (non-hydrogen) atoms. The lowest BCUT2D eigenvalue weighted by atomic mass is 10.1. The fourth-order valence-electron chi connectivity index (χ4n) is 3.87. The van der Waals surface area contributed by atoms with Crippen molar-refractivity contribution >= 4 is 28.7 Å². The maximum absolute atomic E-state index is 12.6. The summed E-state index contributed by atoms with van der Waals surface area (Å²) in [5, 5.41) is 3.94. The molecule has 1 amide bonds. The molecule has 0 radical (unpaired) electrons. The molecule has 3 aromatic carbocycles. The topological polar surface area (TPSA) is 59.8 Å². The Hall–Kier alpha value is -3.90. The monoisotopic (exact) mass is 478 g/mol. The van der Waals surface area contributed by atoms with Crippen LogP contribution in [0.1, 0.15) is 32.6 Å². The van der Waals surface area contributed by atoms with Crippen LogP contribution in [0.3, 0.4) is 0 Å². The average molecular weight is 479 g/mol. The van der Waals surface area contributed by atoms with Gasteiger partial charge in [-0.1, -0.05) is 84.1 Å². The van der Waals surface area contributed by atoms with Crippen LogP contribution < -0.4 is 5.32 Å². The van der Waals surface area contributed by atoms with Crippen LogP contribution in [-0.4, -0.2) is 20.4 Å². The van der Waals surface area contributed by atoms with Gasteiger partial charge in [-0.3, -0.25) is 9.78 Å². The van der Waals surface area contributed by atoms with Crippen molar-refractivity contribution < 1.29 is 4.79 Å². The van der Waals surface area contributed by atoms with Gasteiger partial charge in [-0.05, 0) is 41.8 Å². The Morgan fingerprint density at radius 3 is 2.40 bits per heavy atom. The van der Waals surface area contributed by atoms with Crippen LogP contribution in [0, 0.1) is 6.92 Å². The lowest BCUT2D eigenvalue weighted by Crippen LogP contribution is -2.22. The van der Waals surface area contributed by atoms with Crippen molar-refractivity contribution in [2.75, 3.05) is 0 Å². The number of amides is 1. The second-order valence-corrected chi connectivity index (χ2v) is 9.43. The molecule has 1 N–H and O–H groups in total. The highest BCUT2D eigenvalue weighted by atomic mass is 32.2. The minimum absolute atomic E-state index is 0.0768. The van der Waals surface area contributed by atoms with Gasteiger partial charge in [0.25, 0.3) is 5.91 Å². The fourth-order valence-corrected chi connectivity index (χ4v) is 4.84. The Bertz CT molecular complexity index is 1430. The average Bonchev–Trinajstić information content (AvgIpc) is 3.25. The number of imidazole rings is 1. The van der Waals surface area contributed by atoms with Crippen molar-refractivity contribution in [1.82, 2.24) is 19.9 Å². The number of aromatic nitrogens is 3. The summed E-state index contributed by atoms with van der Waals surface area (Å²) >= 11 is 1.72. The van der Waals surface area contributed by atoms with E-state index in [0.717, 1.165) is 33.1 Å². The van der Waals surface area contributed by atoms with Gasteiger partial charge in [0.2, 0.25) is 0 Å². The molecule has 5 nitrogen and oxygen atoms in total. The third kappa shape index (κ3) is 5.61. The summed E-state index contributed by atoms with van der Waals surface area (Å²) in [7, 11) is 0. The van der Waals surface area contributed by atoms with Crippen molar-refractivity contribution in [2.24, 2.45) is 0 Å². The lowest BCUT2D eigenvalue weighted by Gasteiger charge is -2.10. The highest BCUT2D eigenvalue weighted by Gasteiger charge is 2.13. The molecular formula is C29H26N4OS. The summed E-state index contributed by atoms with van der Waals surface area (Å²) in [5.74, 6) is 0.768. The zero-order valence-electron chi connectivity index (χ0n) is 19.5. The summed E-state index contributed by atoms with van der Waals surface area (Å²) in [5.41, 5.74) is 7.29. The van der Waals surface area contributed by atoms with Gasteiger partial charge in [0.15, 0.2) is 5.16 Å². The van der Waals surface area contributed by atoms with Gasteiger partial charge in [0.1, 0.15) is 0 Å². The second kappa shape index (κ2) is 10.6. The van der Waals surface area contributed by atoms with Gasteiger partial charge in [-0.25, -0.2) is 4.98 Å². The van der Waals surface area contributed by atoms with Crippen LogP contribution >= 0.6 is 11.8 Å². The maximum atomic E-state index is 12.6. The molecule has 0 atom stereocenters. The van der Waals surface area contributed by atoms with E-state index in [2.05, 4.69) is 46.1 Å². The predicted octanol–water partition coefficient (Wildman–Crippen LogP) is 6.01. The molecule has 5 aromatic rings. The third-order valence-electron chi connectivity index (χ3n) is 5.86. The van der Waals surface area contributed by atoms with E-state index in [4.69, 9.17) is 4.98 Å². The van der Waals surface area contributed by atoms with Crippen LogP contribution in [0.4, 0.5) is 0 Å². The SMILES string of the molecule is Cc1ccc(CSc2nc3ccncc3n2Cc2ccc(C(=O)NCc3ccccc3)cc2)cc1. The van der Waals surface area contributed by atoms with E-state index in [9.17, 15) is 4.79 Å². The number of aryl methyl sites for hydroxylation is 1. The Balaban J connectivity index is 1.30. The molecular weight excluding hydrogens is 452 g/mol. The predicted molar refractivity (Wildman–Crippen MR) is 141 cm³/mol. The molecule has 5 rings (SSSR count). The summed E-state index contributed by atoms with van der Waals surface area (Å²) < 4.78 is 2.20. The van der Waals surface area contributed by atoms with E-state index in [1.165, 1.54) is 11.1 Å². The standard InChI is InChI=1S/C29H26N4OS/c1-21-7-9-24(10-8-21)20-35-29-32-26-15-16-30-18-27(26)33(29)19-23-11-13-25(14-12-23)28(34)31-17-22-5-3-2-4-6-22/h2-16,18H,17,19-20H2,1H3,(H,31,34). The van der Waals surface area contributed by atoms with Gasteiger partial charge in [-0.15, -0.1) is 0 Å². The molecule has 0 aliphatic heterocycles. The molecule has 174 valence electrons. The number of fused-ring (bicyclic) bond motifs is 1. The number of carbonyl (C=O) groups is 1. The van der Waals surface area contributed by atoms with Crippen LogP contribution in [0.25, 0.3) is 11.0 Å². The van der Waals surface area contributed by atoms with Crippen molar-refractivity contribution in [3.63, 3.8) is 0 Å². The van der Waals surface area contributed by atoms with Crippen LogP contribution in [0.15, 0.2) is 102 Å². The quantitative estimate of drug-likeness (QED) is 0.278. The van der Waals surface area contributed by atoms with E-state index >= 15 is 0 Å². The van der Waals surface area contributed by atoms with Gasteiger partial charge >= 0.3 is 0 Å². The van der Waals surface area contributed by atoms with Crippen molar-refractivity contribution in [2.45, 2.75) is 30.9 Å². The van der Waals surface area contributed by atoms with Gasteiger partial charge in [-0.2, -0.15) is 0 Å². The molecule has 2 aromatic heterocycles. The van der Waals surface area contributed by atoms with E-state index in [0.29, 0.717) is 18.7 Å². The summed E-state index contributed by atoms with van der Waals surface area (Å²) in [6, 6.07) is 28.2. The Morgan fingerprint density at radius 2 is 1.63 bits per heavy atom. The largest absolute Gasteiger partial charge is 0.348 e. The first-order valence-electron chi connectivity index (χ1n) is 11.6. The van der Waals surface area contributed by atoms with E-state index in [-0.39, 0.29) is 5.91 Å². The highest BCUT2D eigenvalue weighted by Crippen LogP contribution is 2.27. The first-order chi connectivity index (χ1) is 17.2. The normalized spacial score (nSPS) is 11.0. The van der Waals surface area contributed by atoms with Crippen molar-refractivity contribution in [3.8, 4) is 0 Å². The molecule has 0 saturated heterocycles. The van der Waals surface area contributed by atoms with Crippen LogP contribution in [0.2, 0.25) is 0 Å². The Labute approximate surface area is 209 Å². The fraction of sp³-hybridized carbons (Fsp3) is 0.138. The first-order valence-corrected chi connectivity index (χ1v) is 12.5. The lowest BCUT2D eigenvalue weighted by molar-refractivity contribution is 0.0951. The van der Waals surface area contributed by atoms with Crippen LogP contribution in [0.5, 0.6) is 0 Å². The molecule has 0 aliphatic carbocycles. The molecule has 0 spiro atoms. The van der Waals surface area contributed by atoms with E-state index in [1.807, 2.05) is 66.9 Å². The number of hydrogen-bond donors (Lipinski definition) is 1. The number of benzene rings is 3. The highest BCUT2D eigenvalue weighted by molar-refractivity contribution is 7.98. The molecule has 6 heteroatoms. The molecule has 0 aliphatic rings. The zero-order valence-corrected chi connectivity index (χ0v) is 20.3. The van der Waals surface area contributed by atoms with E-state index in [1.54, 1.807) is 18.0 Å².